The van der Waals surface area contributed by atoms with Gasteiger partial charge in [0, 0.05) is 12.2 Å². The van der Waals surface area contributed by atoms with Crippen LogP contribution in [0.2, 0.25) is 0 Å². The number of benzene rings is 3. The van der Waals surface area contributed by atoms with Gasteiger partial charge in [0.25, 0.3) is 0 Å². The smallest absolute Gasteiger partial charge is 0.331 e. The van der Waals surface area contributed by atoms with Crippen molar-refractivity contribution in [2.24, 2.45) is 0 Å². The van der Waals surface area contributed by atoms with Crippen LogP contribution < -0.4 is 0 Å². The standard InChI is InChI=1S/C38H42O18/c39-17-27-35(55-30(46)12-6-20-3-9-23(41)25(43)15-20)36(34(50)37(53-27)51-14-13-21-4-10-24(42)26(44)16-21)56-38-33(49)32(48)31(47)28(54-38)18-52-29(45)11-5-19-1-7-22(40)8-2-19/h1-12,15-16,27-28,31-44,47-50H,13-14,17-18H2/t27-,28-,31-,32+,33-,34-,35-,36-,37-,38+/m1/s1. The molecule has 2 aliphatic heterocycles. The van der Waals surface area contributed by atoms with Crippen LogP contribution in [0, 0.1) is 0 Å². The molecule has 2 saturated heterocycles. The van der Waals surface area contributed by atoms with Gasteiger partial charge in [-0.05, 0) is 71.7 Å². The van der Waals surface area contributed by atoms with Crippen LogP contribution in [-0.4, -0.2) is 144 Å². The summed E-state index contributed by atoms with van der Waals surface area (Å²) in [6, 6.07) is 13.7. The first kappa shape index (κ1) is 41.9. The van der Waals surface area contributed by atoms with Gasteiger partial charge in [0.2, 0.25) is 0 Å². The maximum Gasteiger partial charge on any atom is 0.331 e. The van der Waals surface area contributed by atoms with Gasteiger partial charge in [0.1, 0.15) is 55.1 Å². The molecule has 0 aliphatic carbocycles. The molecule has 0 saturated carbocycles. The number of aromatic hydroxyl groups is 5. The SMILES string of the molecule is O=C(C=Cc1ccc(O)cc1)OC[C@H]1O[C@@H](O[C@@H]2[C@@H](O)[C@H](OCCc3ccc(O)c(O)c3)O[C@H](CO)[C@H]2OC(=O)C=Cc2ccc(O)c(O)c2)[C@H](O)[C@@H](O)[C@@H]1O. The summed E-state index contributed by atoms with van der Waals surface area (Å²) >= 11 is 0. The molecule has 2 aliphatic rings. The summed E-state index contributed by atoms with van der Waals surface area (Å²) in [5.74, 6) is -3.46. The molecular weight excluding hydrogens is 744 g/mol. The molecule has 0 spiro atoms. The third kappa shape index (κ3) is 10.7. The van der Waals surface area contributed by atoms with Gasteiger partial charge >= 0.3 is 11.9 Å². The maximum atomic E-state index is 13.0. The number of rotatable bonds is 14. The van der Waals surface area contributed by atoms with Crippen molar-refractivity contribution >= 4 is 24.1 Å². The van der Waals surface area contributed by atoms with Crippen molar-refractivity contribution in [2.75, 3.05) is 19.8 Å². The molecule has 0 unspecified atom stereocenters. The highest BCUT2D eigenvalue weighted by Gasteiger charge is 2.53. The third-order valence-electron chi connectivity index (χ3n) is 8.83. The summed E-state index contributed by atoms with van der Waals surface area (Å²) in [4.78, 5) is 25.5. The van der Waals surface area contributed by atoms with Crippen LogP contribution in [-0.2, 0) is 44.4 Å². The van der Waals surface area contributed by atoms with Crippen molar-refractivity contribution in [1.29, 1.82) is 0 Å². The Morgan fingerprint density at radius 1 is 0.643 bits per heavy atom. The minimum Gasteiger partial charge on any atom is -0.508 e. The second-order valence-corrected chi connectivity index (χ2v) is 12.8. The van der Waals surface area contributed by atoms with Gasteiger partial charge in [-0.1, -0.05) is 24.3 Å². The van der Waals surface area contributed by atoms with Crippen molar-refractivity contribution in [3.05, 3.63) is 89.5 Å². The van der Waals surface area contributed by atoms with E-state index in [4.69, 9.17) is 28.4 Å². The molecule has 18 heteroatoms. The van der Waals surface area contributed by atoms with Crippen LogP contribution in [0.1, 0.15) is 16.7 Å². The second-order valence-electron chi connectivity index (χ2n) is 12.8. The maximum absolute atomic E-state index is 13.0. The Hall–Kier alpha value is -5.28. The molecule has 0 radical (unpaired) electrons. The number of aliphatic hydroxyl groups excluding tert-OH is 5. The van der Waals surface area contributed by atoms with Gasteiger partial charge in [-0.15, -0.1) is 0 Å². The highest BCUT2D eigenvalue weighted by Crippen LogP contribution is 2.32. The Morgan fingerprint density at radius 3 is 1.95 bits per heavy atom. The number of phenolic OH excluding ortho intramolecular Hbond substituents is 5. The summed E-state index contributed by atoms with van der Waals surface area (Å²) in [7, 11) is 0. The number of carbonyl (C=O) groups is 2. The quantitative estimate of drug-likeness (QED) is 0.0581. The van der Waals surface area contributed by atoms with E-state index in [1.165, 1.54) is 66.7 Å². The Labute approximate surface area is 318 Å². The van der Waals surface area contributed by atoms with E-state index < -0.39 is 98.1 Å². The van der Waals surface area contributed by atoms with Crippen LogP contribution in [0.4, 0.5) is 0 Å². The fourth-order valence-corrected chi connectivity index (χ4v) is 5.76. The Balaban J connectivity index is 1.32. The molecule has 0 bridgehead atoms. The third-order valence-corrected chi connectivity index (χ3v) is 8.83. The van der Waals surface area contributed by atoms with E-state index in [1.807, 2.05) is 0 Å². The van der Waals surface area contributed by atoms with E-state index in [1.54, 1.807) is 0 Å². The fraction of sp³-hybridized carbons (Fsp3) is 0.368. The molecule has 2 fully saturated rings. The van der Waals surface area contributed by atoms with Crippen LogP contribution in [0.3, 0.4) is 0 Å². The van der Waals surface area contributed by atoms with Crippen molar-refractivity contribution < 1.29 is 89.1 Å². The summed E-state index contributed by atoms with van der Waals surface area (Å²) in [6.45, 7) is -1.61. The molecule has 0 amide bonds. The molecule has 10 N–H and O–H groups in total. The average Bonchev–Trinajstić information content (AvgIpc) is 3.18. The first-order valence-corrected chi connectivity index (χ1v) is 17.2. The Bertz CT molecular complexity index is 1850. The lowest BCUT2D eigenvalue weighted by Gasteiger charge is -2.46. The minimum absolute atomic E-state index is 0.0234. The number of carbonyl (C=O) groups excluding carboxylic acids is 2. The zero-order valence-corrected chi connectivity index (χ0v) is 29.4. The average molecular weight is 787 g/mol. The molecule has 3 aromatic carbocycles. The topological polar surface area (TPSA) is 292 Å². The lowest BCUT2D eigenvalue weighted by molar-refractivity contribution is -0.360. The predicted molar refractivity (Wildman–Crippen MR) is 190 cm³/mol. The van der Waals surface area contributed by atoms with Crippen LogP contribution in [0.25, 0.3) is 12.2 Å². The zero-order valence-electron chi connectivity index (χ0n) is 29.4. The van der Waals surface area contributed by atoms with Crippen molar-refractivity contribution in [3.63, 3.8) is 0 Å². The van der Waals surface area contributed by atoms with Crippen molar-refractivity contribution in [1.82, 2.24) is 0 Å². The van der Waals surface area contributed by atoms with Crippen molar-refractivity contribution in [2.45, 2.75) is 67.8 Å². The number of esters is 2. The van der Waals surface area contributed by atoms with Gasteiger partial charge < -0.3 is 79.5 Å². The molecule has 3 aromatic rings. The van der Waals surface area contributed by atoms with Crippen molar-refractivity contribution in [3.8, 4) is 28.7 Å². The Kier molecular flexibility index (Phi) is 14.2. The number of aliphatic hydroxyl groups is 5. The lowest BCUT2D eigenvalue weighted by atomic mass is 9.96. The first-order valence-electron chi connectivity index (χ1n) is 17.2. The van der Waals surface area contributed by atoms with Gasteiger partial charge in [-0.2, -0.15) is 0 Å². The number of hydrogen-bond donors (Lipinski definition) is 10. The molecule has 302 valence electrons. The number of phenols is 5. The normalized spacial score (nSPS) is 28.0. The highest BCUT2D eigenvalue weighted by molar-refractivity contribution is 5.87. The van der Waals surface area contributed by atoms with Crippen LogP contribution in [0.15, 0.2) is 72.8 Å². The highest BCUT2D eigenvalue weighted by atomic mass is 16.7. The molecule has 56 heavy (non-hydrogen) atoms. The summed E-state index contributed by atoms with van der Waals surface area (Å²) in [6.07, 6.45) is -12.5. The first-order chi connectivity index (χ1) is 26.7. The van der Waals surface area contributed by atoms with E-state index in [0.717, 1.165) is 18.2 Å². The molecule has 10 atom stereocenters. The van der Waals surface area contributed by atoms with Crippen LogP contribution >= 0.6 is 0 Å². The van der Waals surface area contributed by atoms with E-state index in [0.29, 0.717) is 11.1 Å². The minimum atomic E-state index is -1.98. The van der Waals surface area contributed by atoms with E-state index in [2.05, 4.69) is 0 Å². The molecule has 0 aromatic heterocycles. The largest absolute Gasteiger partial charge is 0.508 e. The molecule has 5 rings (SSSR count). The van der Waals surface area contributed by atoms with Gasteiger partial charge in [0.05, 0.1) is 13.2 Å². The lowest BCUT2D eigenvalue weighted by Crippen LogP contribution is -2.65. The van der Waals surface area contributed by atoms with E-state index >= 15 is 0 Å². The van der Waals surface area contributed by atoms with Gasteiger partial charge in [0.15, 0.2) is 41.7 Å². The number of hydrogen-bond acceptors (Lipinski definition) is 18. The summed E-state index contributed by atoms with van der Waals surface area (Å²) < 4.78 is 33.8. The molecule has 18 nitrogen and oxygen atoms in total. The number of ether oxygens (including phenoxy) is 6. The Morgan fingerprint density at radius 2 is 1.27 bits per heavy atom. The summed E-state index contributed by atoms with van der Waals surface area (Å²) in [5.41, 5.74) is 1.38. The summed E-state index contributed by atoms with van der Waals surface area (Å²) in [5, 5.41) is 102. The monoisotopic (exact) mass is 786 g/mol. The zero-order chi connectivity index (χ0) is 40.5. The van der Waals surface area contributed by atoms with E-state index in [9.17, 15) is 60.7 Å². The molecule has 2 heterocycles. The predicted octanol–water partition coefficient (Wildman–Crippen LogP) is -0.0736. The van der Waals surface area contributed by atoms with Gasteiger partial charge in [-0.3, -0.25) is 0 Å². The molecular formula is C38H42O18. The van der Waals surface area contributed by atoms with Crippen LogP contribution in [0.5, 0.6) is 28.7 Å². The fourth-order valence-electron chi connectivity index (χ4n) is 5.76. The van der Waals surface area contributed by atoms with Gasteiger partial charge in [-0.25, -0.2) is 9.59 Å². The van der Waals surface area contributed by atoms with E-state index in [-0.39, 0.29) is 35.8 Å². The second kappa shape index (κ2) is 19.0.